The molecular weight excluding hydrogens is 308 g/mol. The van der Waals surface area contributed by atoms with Crippen molar-refractivity contribution >= 4 is 11.8 Å². The van der Waals surface area contributed by atoms with Crippen LogP contribution in [0.2, 0.25) is 0 Å². The molecule has 2 amide bonds. The van der Waals surface area contributed by atoms with Crippen molar-refractivity contribution in [2.45, 2.75) is 45.7 Å². The lowest BCUT2D eigenvalue weighted by Gasteiger charge is -2.28. The third-order valence-electron chi connectivity index (χ3n) is 3.87. The largest absolute Gasteiger partial charge is 0.394 e. The van der Waals surface area contributed by atoms with Gasteiger partial charge in [-0.25, -0.2) is 0 Å². The van der Waals surface area contributed by atoms with Gasteiger partial charge in [0.25, 0.3) is 0 Å². The molecule has 0 aromatic heterocycles. The average molecular weight is 342 g/mol. The number of carbonyl (C=O) groups is 2. The third kappa shape index (κ3) is 8.42. The van der Waals surface area contributed by atoms with E-state index >= 15 is 0 Å². The highest BCUT2D eigenvalue weighted by Crippen LogP contribution is 2.06. The molecule has 1 unspecified atom stereocenters. The Hall–Kier alpha value is -1.44. The van der Waals surface area contributed by atoms with Crippen molar-refractivity contribution in [1.82, 2.24) is 16.0 Å². The summed E-state index contributed by atoms with van der Waals surface area (Å²) in [7, 11) is 0. The van der Waals surface area contributed by atoms with Gasteiger partial charge in [-0.3, -0.25) is 9.59 Å². The fourth-order valence-electron chi connectivity index (χ4n) is 1.99. The van der Waals surface area contributed by atoms with Crippen LogP contribution in [0, 0.1) is 11.8 Å². The second-order valence-corrected chi connectivity index (χ2v) is 6.94. The van der Waals surface area contributed by atoms with Crippen LogP contribution < -0.4 is 21.7 Å². The Balaban J connectivity index is 4.21. The first kappa shape index (κ1) is 22.6. The number of rotatable bonds is 13. The van der Waals surface area contributed by atoms with Crippen LogP contribution in [-0.4, -0.2) is 54.7 Å². The second-order valence-electron chi connectivity index (χ2n) is 6.94. The van der Waals surface area contributed by atoms with Gasteiger partial charge in [-0.2, -0.15) is 0 Å². The molecule has 0 aromatic rings. The number of primary amides is 1. The summed E-state index contributed by atoms with van der Waals surface area (Å²) in [6, 6.07) is -0.542. The smallest absolute Gasteiger partial charge is 0.242 e. The van der Waals surface area contributed by atoms with E-state index in [0.717, 1.165) is 6.42 Å². The molecule has 0 fully saturated rings. The normalized spacial score (nSPS) is 16.2. The molecule has 0 aromatic carbocycles. The topological polar surface area (TPSA) is 116 Å². The summed E-state index contributed by atoms with van der Waals surface area (Å²) in [5.74, 6) is -0.0405. The molecular formula is C17H34N4O3. The van der Waals surface area contributed by atoms with E-state index in [-0.39, 0.29) is 18.4 Å². The maximum absolute atomic E-state index is 12.3. The van der Waals surface area contributed by atoms with E-state index in [4.69, 9.17) is 5.73 Å². The fraction of sp³-hybridized carbons (Fsp3) is 0.765. The molecule has 7 nitrogen and oxygen atoms in total. The summed E-state index contributed by atoms with van der Waals surface area (Å²) in [4.78, 5) is 23.4. The molecule has 140 valence electrons. The van der Waals surface area contributed by atoms with Gasteiger partial charge < -0.3 is 26.8 Å². The van der Waals surface area contributed by atoms with E-state index in [0.29, 0.717) is 25.6 Å². The van der Waals surface area contributed by atoms with Crippen molar-refractivity contribution in [3.05, 3.63) is 12.7 Å². The monoisotopic (exact) mass is 342 g/mol. The highest BCUT2D eigenvalue weighted by atomic mass is 16.3. The maximum Gasteiger partial charge on any atom is 0.242 e. The van der Waals surface area contributed by atoms with Crippen molar-refractivity contribution in [3.63, 3.8) is 0 Å². The minimum atomic E-state index is -0.980. The van der Waals surface area contributed by atoms with Gasteiger partial charge in [-0.1, -0.05) is 26.8 Å². The van der Waals surface area contributed by atoms with Crippen molar-refractivity contribution in [2.24, 2.45) is 17.6 Å². The van der Waals surface area contributed by atoms with E-state index in [2.05, 4.69) is 22.5 Å². The lowest BCUT2D eigenvalue weighted by atomic mass is 10.0. The molecule has 0 aliphatic carbocycles. The minimum absolute atomic E-state index is 0.216. The second kappa shape index (κ2) is 11.2. The summed E-state index contributed by atoms with van der Waals surface area (Å²) >= 11 is 0. The first-order chi connectivity index (χ1) is 11.2. The van der Waals surface area contributed by atoms with Crippen LogP contribution >= 0.6 is 0 Å². The van der Waals surface area contributed by atoms with E-state index < -0.39 is 17.5 Å². The molecule has 0 bridgehead atoms. The molecule has 6 N–H and O–H groups in total. The Labute approximate surface area is 145 Å². The molecule has 0 saturated carbocycles. The number of hydrogen-bond acceptors (Lipinski definition) is 5. The molecule has 0 aliphatic rings. The number of aliphatic hydroxyl groups excluding tert-OH is 1. The summed E-state index contributed by atoms with van der Waals surface area (Å²) in [5.41, 5.74) is 4.25. The van der Waals surface area contributed by atoms with Gasteiger partial charge in [0.2, 0.25) is 11.8 Å². The fourth-order valence-corrected chi connectivity index (χ4v) is 1.99. The van der Waals surface area contributed by atoms with Crippen molar-refractivity contribution in [1.29, 1.82) is 0 Å². The number of nitrogens with one attached hydrogen (secondary N) is 3. The lowest BCUT2D eigenvalue weighted by molar-refractivity contribution is -0.128. The maximum atomic E-state index is 12.3. The molecule has 7 heteroatoms. The van der Waals surface area contributed by atoms with Crippen LogP contribution in [0.3, 0.4) is 0 Å². The SMILES string of the molecule is C=C[C@@H](NCC(C)CCNC(=O)[C@](C)(CO)NCC(C)C)C(N)=O. The van der Waals surface area contributed by atoms with Crippen LogP contribution in [0.25, 0.3) is 0 Å². The predicted octanol–water partition coefficient (Wildman–Crippen LogP) is -0.245. The Morgan fingerprint density at radius 2 is 1.92 bits per heavy atom. The number of carbonyl (C=O) groups excluding carboxylic acids is 2. The number of hydrogen-bond donors (Lipinski definition) is 5. The van der Waals surface area contributed by atoms with Gasteiger partial charge in [0.05, 0.1) is 6.61 Å². The zero-order valence-corrected chi connectivity index (χ0v) is 15.4. The molecule has 0 aliphatic heterocycles. The average Bonchev–Trinajstić information content (AvgIpc) is 2.52. The first-order valence-electron chi connectivity index (χ1n) is 8.45. The van der Waals surface area contributed by atoms with Gasteiger partial charge in [0.15, 0.2) is 0 Å². The van der Waals surface area contributed by atoms with Gasteiger partial charge in [-0.15, -0.1) is 6.58 Å². The van der Waals surface area contributed by atoms with Crippen LogP contribution in [-0.2, 0) is 9.59 Å². The quantitative estimate of drug-likeness (QED) is 0.296. The standard InChI is InChI=1S/C17H34N4O3/c1-6-14(15(18)23)20-10-13(4)7-8-19-16(24)17(5,11-22)21-9-12(2)3/h6,12-14,20-22H,1,7-11H2,2-5H3,(H2,18,23)(H,19,24)/t13?,14-,17+/m1/s1. The summed E-state index contributed by atoms with van der Waals surface area (Å²) in [6.07, 6.45) is 2.22. The van der Waals surface area contributed by atoms with Crippen molar-refractivity contribution < 1.29 is 14.7 Å². The molecule has 0 radical (unpaired) electrons. The summed E-state index contributed by atoms with van der Waals surface area (Å²) in [5, 5.41) is 18.5. The lowest BCUT2D eigenvalue weighted by Crippen LogP contribution is -2.58. The van der Waals surface area contributed by atoms with E-state index in [9.17, 15) is 14.7 Å². The Morgan fingerprint density at radius 3 is 2.38 bits per heavy atom. The van der Waals surface area contributed by atoms with E-state index in [1.165, 1.54) is 6.08 Å². The molecule has 24 heavy (non-hydrogen) atoms. The molecule has 0 spiro atoms. The van der Waals surface area contributed by atoms with Crippen LogP contribution in [0.4, 0.5) is 0 Å². The third-order valence-corrected chi connectivity index (χ3v) is 3.87. The van der Waals surface area contributed by atoms with E-state index in [1.54, 1.807) is 6.92 Å². The molecule has 3 atom stereocenters. The number of nitrogens with two attached hydrogens (primary N) is 1. The first-order valence-corrected chi connectivity index (χ1v) is 8.45. The molecule has 0 saturated heterocycles. The Morgan fingerprint density at radius 1 is 1.29 bits per heavy atom. The highest BCUT2D eigenvalue weighted by molar-refractivity contribution is 5.86. The number of amides is 2. The molecule has 0 heterocycles. The zero-order chi connectivity index (χ0) is 18.8. The minimum Gasteiger partial charge on any atom is -0.394 e. The summed E-state index contributed by atoms with van der Waals surface area (Å²) in [6.45, 7) is 12.8. The van der Waals surface area contributed by atoms with Crippen LogP contribution in [0.15, 0.2) is 12.7 Å². The Kier molecular flexibility index (Phi) is 10.5. The van der Waals surface area contributed by atoms with Crippen LogP contribution in [0.1, 0.15) is 34.1 Å². The van der Waals surface area contributed by atoms with Crippen molar-refractivity contribution in [3.8, 4) is 0 Å². The van der Waals surface area contributed by atoms with Crippen molar-refractivity contribution in [2.75, 3.05) is 26.2 Å². The number of aliphatic hydroxyl groups is 1. The Bertz CT molecular complexity index is 415. The van der Waals surface area contributed by atoms with Gasteiger partial charge in [-0.05, 0) is 38.3 Å². The zero-order valence-electron chi connectivity index (χ0n) is 15.4. The molecule has 0 rings (SSSR count). The highest BCUT2D eigenvalue weighted by Gasteiger charge is 2.31. The van der Waals surface area contributed by atoms with Gasteiger partial charge in [0, 0.05) is 6.54 Å². The van der Waals surface area contributed by atoms with Crippen LogP contribution in [0.5, 0.6) is 0 Å². The van der Waals surface area contributed by atoms with Gasteiger partial charge >= 0.3 is 0 Å². The summed E-state index contributed by atoms with van der Waals surface area (Å²) < 4.78 is 0. The van der Waals surface area contributed by atoms with Gasteiger partial charge in [0.1, 0.15) is 11.6 Å². The predicted molar refractivity (Wildman–Crippen MR) is 96.3 cm³/mol. The van der Waals surface area contributed by atoms with E-state index in [1.807, 2.05) is 20.8 Å².